The average molecular weight is 282 g/mol. The molecule has 1 rings (SSSR count). The van der Waals surface area contributed by atoms with E-state index in [4.69, 9.17) is 4.74 Å². The topological polar surface area (TPSA) is 42.3 Å². The zero-order valence-corrected chi connectivity index (χ0v) is 14.0. The van der Waals surface area contributed by atoms with E-state index in [-0.39, 0.29) is 11.6 Å². The molecule has 1 unspecified atom stereocenters. The Morgan fingerprint density at radius 2 is 1.95 bits per heavy atom. The van der Waals surface area contributed by atoms with E-state index in [1.807, 2.05) is 17.9 Å². The van der Waals surface area contributed by atoms with Crippen LogP contribution in [-0.2, 0) is 6.54 Å². The van der Waals surface area contributed by atoms with E-state index in [2.05, 4.69) is 49.9 Å². The van der Waals surface area contributed by atoms with Crippen LogP contribution in [0.4, 0.5) is 0 Å². The quantitative estimate of drug-likeness (QED) is 0.794. The van der Waals surface area contributed by atoms with Gasteiger partial charge in [-0.15, -0.1) is 0 Å². The molecule has 0 saturated carbocycles. The Bertz CT molecular complexity index is 389. The fourth-order valence-corrected chi connectivity index (χ4v) is 3.12. The van der Waals surface area contributed by atoms with Crippen molar-refractivity contribution in [1.82, 2.24) is 20.0 Å². The van der Waals surface area contributed by atoms with Gasteiger partial charge in [0, 0.05) is 12.1 Å². The summed E-state index contributed by atoms with van der Waals surface area (Å²) in [6.07, 6.45) is 1.81. The molecule has 0 fully saturated rings. The van der Waals surface area contributed by atoms with Crippen LogP contribution in [0.15, 0.2) is 6.20 Å². The Hall–Kier alpha value is -1.07. The molecule has 116 valence electrons. The summed E-state index contributed by atoms with van der Waals surface area (Å²) < 4.78 is 7.53. The lowest BCUT2D eigenvalue weighted by atomic mass is 9.89. The first-order valence-corrected chi connectivity index (χ1v) is 7.49. The van der Waals surface area contributed by atoms with Crippen LogP contribution in [-0.4, -0.2) is 47.5 Å². The van der Waals surface area contributed by atoms with E-state index >= 15 is 0 Å². The van der Waals surface area contributed by atoms with Crippen molar-refractivity contribution in [2.45, 2.75) is 52.7 Å². The summed E-state index contributed by atoms with van der Waals surface area (Å²) >= 11 is 0. The van der Waals surface area contributed by atoms with Crippen LogP contribution in [0.1, 0.15) is 46.4 Å². The van der Waals surface area contributed by atoms with Crippen molar-refractivity contribution in [2.75, 3.05) is 27.2 Å². The number of nitrogens with one attached hydrogen (secondary N) is 1. The minimum Gasteiger partial charge on any atom is -0.493 e. The van der Waals surface area contributed by atoms with Crippen LogP contribution in [0.2, 0.25) is 0 Å². The molecule has 5 heteroatoms. The highest BCUT2D eigenvalue weighted by molar-refractivity contribution is 5.31. The van der Waals surface area contributed by atoms with Crippen LogP contribution in [0.5, 0.6) is 5.75 Å². The summed E-state index contributed by atoms with van der Waals surface area (Å²) in [6, 6.07) is 0.153. The molecule has 0 aromatic carbocycles. The molecule has 20 heavy (non-hydrogen) atoms. The number of methoxy groups -OCH3 is 1. The molecule has 0 radical (unpaired) electrons. The third kappa shape index (κ3) is 2.99. The third-order valence-corrected chi connectivity index (χ3v) is 4.21. The molecular formula is C15H30N4O. The second-order valence-corrected chi connectivity index (χ2v) is 5.46. The number of aromatic nitrogens is 2. The molecule has 0 bridgehead atoms. The molecule has 1 aromatic rings. The zero-order valence-electron chi connectivity index (χ0n) is 14.0. The van der Waals surface area contributed by atoms with Crippen molar-refractivity contribution < 1.29 is 4.74 Å². The van der Waals surface area contributed by atoms with Gasteiger partial charge in [0.15, 0.2) is 5.75 Å². The van der Waals surface area contributed by atoms with Crippen molar-refractivity contribution in [3.05, 3.63) is 11.9 Å². The SMILES string of the molecule is CCN(CC)C(C)(C)C(NC)c1c(OC)cnn1CC. The van der Waals surface area contributed by atoms with Crippen molar-refractivity contribution in [1.29, 1.82) is 0 Å². The number of rotatable bonds is 8. The van der Waals surface area contributed by atoms with E-state index < -0.39 is 0 Å². The van der Waals surface area contributed by atoms with Crippen molar-refractivity contribution in [3.8, 4) is 5.75 Å². The van der Waals surface area contributed by atoms with Gasteiger partial charge in [-0.3, -0.25) is 9.58 Å². The highest BCUT2D eigenvalue weighted by Crippen LogP contribution is 2.35. The smallest absolute Gasteiger partial charge is 0.161 e. The van der Waals surface area contributed by atoms with Crippen LogP contribution < -0.4 is 10.1 Å². The molecule has 1 atom stereocenters. The first-order chi connectivity index (χ1) is 9.47. The molecule has 5 nitrogen and oxygen atoms in total. The van der Waals surface area contributed by atoms with E-state index in [0.717, 1.165) is 31.1 Å². The molecule has 0 aliphatic carbocycles. The molecule has 0 aliphatic heterocycles. The minimum absolute atomic E-state index is 0.0293. The van der Waals surface area contributed by atoms with Crippen LogP contribution in [0.25, 0.3) is 0 Å². The number of hydrogen-bond acceptors (Lipinski definition) is 4. The molecule has 0 amide bonds. The van der Waals surface area contributed by atoms with Gasteiger partial charge in [-0.25, -0.2) is 0 Å². The number of nitrogens with zero attached hydrogens (tertiary/aromatic N) is 3. The molecular weight excluding hydrogens is 252 g/mol. The van der Waals surface area contributed by atoms with Crippen molar-refractivity contribution in [3.63, 3.8) is 0 Å². The lowest BCUT2D eigenvalue weighted by molar-refractivity contribution is 0.0896. The monoisotopic (exact) mass is 282 g/mol. The highest BCUT2D eigenvalue weighted by atomic mass is 16.5. The summed E-state index contributed by atoms with van der Waals surface area (Å²) in [7, 11) is 3.71. The summed E-state index contributed by atoms with van der Waals surface area (Å²) in [6.45, 7) is 13.9. The normalized spacial score (nSPS) is 13.8. The number of aryl methyl sites for hydroxylation is 1. The van der Waals surface area contributed by atoms with Gasteiger partial charge in [0.2, 0.25) is 0 Å². The van der Waals surface area contributed by atoms with E-state index in [0.29, 0.717) is 0 Å². The summed E-state index contributed by atoms with van der Waals surface area (Å²) in [4.78, 5) is 2.46. The largest absolute Gasteiger partial charge is 0.493 e. The van der Waals surface area contributed by atoms with Crippen LogP contribution in [0, 0.1) is 0 Å². The maximum absolute atomic E-state index is 5.51. The molecule has 0 aliphatic rings. The minimum atomic E-state index is -0.0293. The molecule has 1 heterocycles. The van der Waals surface area contributed by atoms with Gasteiger partial charge < -0.3 is 10.1 Å². The fourth-order valence-electron chi connectivity index (χ4n) is 3.12. The van der Waals surface area contributed by atoms with Crippen molar-refractivity contribution in [2.24, 2.45) is 0 Å². The van der Waals surface area contributed by atoms with Crippen molar-refractivity contribution >= 4 is 0 Å². The Balaban J connectivity index is 3.28. The van der Waals surface area contributed by atoms with Gasteiger partial charge in [0.05, 0.1) is 25.0 Å². The Morgan fingerprint density at radius 1 is 1.35 bits per heavy atom. The second-order valence-electron chi connectivity index (χ2n) is 5.46. The Kier molecular flexibility index (Phi) is 6.02. The lowest BCUT2D eigenvalue weighted by Gasteiger charge is -2.43. The van der Waals surface area contributed by atoms with E-state index in [1.165, 1.54) is 0 Å². The van der Waals surface area contributed by atoms with Gasteiger partial charge in [-0.1, -0.05) is 13.8 Å². The number of likely N-dealkylation sites (N-methyl/N-ethyl adjacent to an activating group) is 2. The molecule has 0 spiro atoms. The van der Waals surface area contributed by atoms with E-state index in [9.17, 15) is 0 Å². The molecule has 1 N–H and O–H groups in total. The van der Waals surface area contributed by atoms with Crippen LogP contribution >= 0.6 is 0 Å². The fraction of sp³-hybridized carbons (Fsp3) is 0.800. The Labute approximate surface area is 123 Å². The first-order valence-electron chi connectivity index (χ1n) is 7.49. The maximum atomic E-state index is 5.51. The molecule has 1 aromatic heterocycles. The van der Waals surface area contributed by atoms with Gasteiger partial charge in [-0.05, 0) is 40.9 Å². The van der Waals surface area contributed by atoms with Gasteiger partial charge in [-0.2, -0.15) is 5.10 Å². The predicted octanol–water partition coefficient (Wildman–Crippen LogP) is 2.29. The van der Waals surface area contributed by atoms with E-state index in [1.54, 1.807) is 7.11 Å². The molecule has 0 saturated heterocycles. The Morgan fingerprint density at radius 3 is 2.35 bits per heavy atom. The van der Waals surface area contributed by atoms with Crippen LogP contribution in [0.3, 0.4) is 0 Å². The van der Waals surface area contributed by atoms with Gasteiger partial charge >= 0.3 is 0 Å². The second kappa shape index (κ2) is 7.09. The average Bonchev–Trinajstić information content (AvgIpc) is 2.83. The summed E-state index contributed by atoms with van der Waals surface area (Å²) in [5.41, 5.74) is 1.09. The number of ether oxygens (including phenoxy) is 1. The highest BCUT2D eigenvalue weighted by Gasteiger charge is 2.37. The summed E-state index contributed by atoms with van der Waals surface area (Å²) in [5.74, 6) is 0.853. The number of hydrogen-bond donors (Lipinski definition) is 1. The lowest BCUT2D eigenvalue weighted by Crippen LogP contribution is -2.52. The summed E-state index contributed by atoms with van der Waals surface area (Å²) in [5, 5.41) is 7.89. The van der Waals surface area contributed by atoms with Gasteiger partial charge in [0.1, 0.15) is 0 Å². The maximum Gasteiger partial charge on any atom is 0.161 e. The first kappa shape index (κ1) is 17.0. The predicted molar refractivity (Wildman–Crippen MR) is 83.3 cm³/mol. The standard InChI is InChI=1S/C15H30N4O/c1-8-18(9-2)15(4,5)14(16-6)13-12(20-7)11-17-19(13)10-3/h11,14,16H,8-10H2,1-7H3. The zero-order chi connectivity index (χ0) is 15.3. The third-order valence-electron chi connectivity index (χ3n) is 4.21. The van der Waals surface area contributed by atoms with Gasteiger partial charge in [0.25, 0.3) is 0 Å².